The van der Waals surface area contributed by atoms with Gasteiger partial charge in [-0.05, 0) is 128 Å². The summed E-state index contributed by atoms with van der Waals surface area (Å²) in [6.45, 7) is 0. The van der Waals surface area contributed by atoms with E-state index < -0.39 is 5.41 Å². The van der Waals surface area contributed by atoms with Crippen LogP contribution in [0.2, 0.25) is 0 Å². The number of rotatable bonds is 10. The standard InChI is InChI=1S/C61H44N2/c1-5-17-51(18-6-1)62(52-19-7-2-8-20-52)55-41-33-47(34-42-55)45-29-37-49(38-30-45)61(59-27-15-13-25-57(59)58-26-14-16-28-60(58)61)50-39-31-46(32-40-50)48-35-43-56(44-36-48)63(53-21-9-3-10-22-53)54-23-11-4-12-24-54/h1-44H. The maximum Gasteiger partial charge on any atom is 0.0713 e. The molecule has 0 spiro atoms. The van der Waals surface area contributed by atoms with Gasteiger partial charge < -0.3 is 9.80 Å². The summed E-state index contributed by atoms with van der Waals surface area (Å²) in [5, 5.41) is 0. The molecule has 0 radical (unpaired) electrons. The Morgan fingerprint density at radius 2 is 0.444 bits per heavy atom. The second kappa shape index (κ2) is 16.3. The summed E-state index contributed by atoms with van der Waals surface area (Å²) < 4.78 is 0. The van der Waals surface area contributed by atoms with Gasteiger partial charge in [0.25, 0.3) is 0 Å². The number of para-hydroxylation sites is 4. The van der Waals surface area contributed by atoms with Gasteiger partial charge in [-0.1, -0.05) is 194 Å². The number of nitrogens with zero attached hydrogens (tertiary/aromatic N) is 2. The Morgan fingerprint density at radius 3 is 0.746 bits per heavy atom. The molecule has 0 aromatic heterocycles. The lowest BCUT2D eigenvalue weighted by molar-refractivity contribution is 0.769. The molecule has 0 bridgehead atoms. The first-order valence-corrected chi connectivity index (χ1v) is 21.7. The highest BCUT2D eigenvalue weighted by Crippen LogP contribution is 2.56. The van der Waals surface area contributed by atoms with Crippen LogP contribution in [0.5, 0.6) is 0 Å². The van der Waals surface area contributed by atoms with Crippen molar-refractivity contribution >= 4 is 34.1 Å². The maximum absolute atomic E-state index is 2.35. The van der Waals surface area contributed by atoms with Gasteiger partial charge in [-0.25, -0.2) is 0 Å². The highest BCUT2D eigenvalue weighted by Gasteiger charge is 2.45. The van der Waals surface area contributed by atoms with Crippen molar-refractivity contribution in [3.63, 3.8) is 0 Å². The zero-order valence-electron chi connectivity index (χ0n) is 34.8. The number of hydrogen-bond acceptors (Lipinski definition) is 2. The van der Waals surface area contributed by atoms with Crippen LogP contribution < -0.4 is 9.80 Å². The van der Waals surface area contributed by atoms with Crippen LogP contribution in [0.15, 0.2) is 267 Å². The molecule has 1 aliphatic carbocycles. The van der Waals surface area contributed by atoms with Crippen molar-refractivity contribution in [1.29, 1.82) is 0 Å². The van der Waals surface area contributed by atoms with Gasteiger partial charge in [-0.15, -0.1) is 0 Å². The summed E-state index contributed by atoms with van der Waals surface area (Å²) >= 11 is 0. The van der Waals surface area contributed by atoms with Gasteiger partial charge in [0.15, 0.2) is 0 Å². The molecule has 0 saturated heterocycles. The van der Waals surface area contributed by atoms with Crippen LogP contribution in [0.25, 0.3) is 33.4 Å². The van der Waals surface area contributed by atoms with E-state index in [1.54, 1.807) is 0 Å². The smallest absolute Gasteiger partial charge is 0.0713 e. The third-order valence-electron chi connectivity index (χ3n) is 12.6. The Balaban J connectivity index is 0.948. The van der Waals surface area contributed by atoms with Crippen molar-refractivity contribution in [3.05, 3.63) is 289 Å². The highest BCUT2D eigenvalue weighted by molar-refractivity contribution is 5.87. The van der Waals surface area contributed by atoms with Crippen LogP contribution >= 0.6 is 0 Å². The Bertz CT molecular complexity index is 2810. The van der Waals surface area contributed by atoms with E-state index in [0.717, 1.165) is 34.1 Å². The Labute approximate surface area is 370 Å². The lowest BCUT2D eigenvalue weighted by Gasteiger charge is -2.34. The summed E-state index contributed by atoms with van der Waals surface area (Å²) in [6, 6.07) is 96.6. The van der Waals surface area contributed by atoms with E-state index in [1.165, 1.54) is 55.6 Å². The first kappa shape index (κ1) is 37.8. The van der Waals surface area contributed by atoms with Crippen LogP contribution in [0.3, 0.4) is 0 Å². The van der Waals surface area contributed by atoms with Crippen LogP contribution in [0, 0.1) is 0 Å². The lowest BCUT2D eigenvalue weighted by atomic mass is 9.67. The molecule has 10 aromatic rings. The van der Waals surface area contributed by atoms with Crippen molar-refractivity contribution in [2.24, 2.45) is 0 Å². The molecular weight excluding hydrogens is 761 g/mol. The first-order valence-electron chi connectivity index (χ1n) is 21.7. The number of benzene rings is 10. The second-order valence-corrected chi connectivity index (χ2v) is 16.1. The van der Waals surface area contributed by atoms with E-state index >= 15 is 0 Å². The second-order valence-electron chi connectivity index (χ2n) is 16.1. The molecule has 10 aromatic carbocycles. The third-order valence-corrected chi connectivity index (χ3v) is 12.6. The molecule has 0 N–H and O–H groups in total. The van der Waals surface area contributed by atoms with Crippen LogP contribution in [0.4, 0.5) is 34.1 Å². The molecule has 0 fully saturated rings. The summed E-state index contributed by atoms with van der Waals surface area (Å²) in [7, 11) is 0. The van der Waals surface area contributed by atoms with Crippen molar-refractivity contribution in [2.75, 3.05) is 9.80 Å². The first-order chi connectivity index (χ1) is 31.3. The third kappa shape index (κ3) is 6.79. The minimum atomic E-state index is -0.490. The predicted molar refractivity (Wildman–Crippen MR) is 264 cm³/mol. The summed E-state index contributed by atoms with van der Waals surface area (Å²) in [4.78, 5) is 4.61. The quantitative estimate of drug-likeness (QED) is 0.136. The Morgan fingerprint density at radius 1 is 0.206 bits per heavy atom. The molecule has 0 unspecified atom stereocenters. The SMILES string of the molecule is c1ccc(N(c2ccccc2)c2ccc(-c3ccc(C4(c5ccc(-c6ccc(N(c7ccccc7)c7ccccc7)cc6)cc5)c5ccccc5-c5ccccc54)cc3)cc2)cc1. The molecule has 0 amide bonds. The fourth-order valence-corrected chi connectivity index (χ4v) is 9.66. The lowest BCUT2D eigenvalue weighted by Crippen LogP contribution is -2.28. The number of fused-ring (bicyclic) bond motifs is 3. The van der Waals surface area contributed by atoms with Crippen molar-refractivity contribution in [2.45, 2.75) is 5.41 Å². The van der Waals surface area contributed by atoms with Gasteiger partial charge >= 0.3 is 0 Å². The van der Waals surface area contributed by atoms with E-state index in [4.69, 9.17) is 0 Å². The Kier molecular flexibility index (Phi) is 9.80. The molecule has 0 saturated carbocycles. The predicted octanol–water partition coefficient (Wildman–Crippen LogP) is 16.3. The van der Waals surface area contributed by atoms with Gasteiger partial charge in [0.1, 0.15) is 0 Å². The maximum atomic E-state index is 2.35. The van der Waals surface area contributed by atoms with Crippen LogP contribution in [0.1, 0.15) is 22.3 Å². The zero-order chi connectivity index (χ0) is 42.0. The van der Waals surface area contributed by atoms with Gasteiger partial charge in [-0.3, -0.25) is 0 Å². The average Bonchev–Trinajstić information content (AvgIpc) is 3.67. The Hall–Kier alpha value is -8.20. The van der Waals surface area contributed by atoms with E-state index in [9.17, 15) is 0 Å². The number of hydrogen-bond donors (Lipinski definition) is 0. The molecule has 2 nitrogen and oxygen atoms in total. The summed E-state index contributed by atoms with van der Waals surface area (Å²) in [5.41, 5.74) is 18.7. The normalized spacial score (nSPS) is 12.3. The topological polar surface area (TPSA) is 6.48 Å². The van der Waals surface area contributed by atoms with Crippen molar-refractivity contribution < 1.29 is 0 Å². The van der Waals surface area contributed by atoms with Gasteiger partial charge in [0, 0.05) is 34.1 Å². The molecule has 2 heteroatoms. The summed E-state index contributed by atoms with van der Waals surface area (Å²) in [6.07, 6.45) is 0. The van der Waals surface area contributed by atoms with Crippen LogP contribution in [-0.2, 0) is 5.41 Å². The number of anilines is 6. The van der Waals surface area contributed by atoms with Gasteiger partial charge in [0.2, 0.25) is 0 Å². The fraction of sp³-hybridized carbons (Fsp3) is 0.0164. The van der Waals surface area contributed by atoms with E-state index in [0.29, 0.717) is 0 Å². The monoisotopic (exact) mass is 804 g/mol. The average molecular weight is 805 g/mol. The molecule has 1 aliphatic rings. The van der Waals surface area contributed by atoms with Crippen molar-refractivity contribution in [3.8, 4) is 33.4 Å². The molecule has 0 atom stereocenters. The fourth-order valence-electron chi connectivity index (χ4n) is 9.66. The summed E-state index contributed by atoms with van der Waals surface area (Å²) in [5.74, 6) is 0. The van der Waals surface area contributed by atoms with Crippen molar-refractivity contribution in [1.82, 2.24) is 0 Å². The minimum absolute atomic E-state index is 0.490. The highest BCUT2D eigenvalue weighted by atomic mass is 15.1. The minimum Gasteiger partial charge on any atom is -0.311 e. The molecule has 63 heavy (non-hydrogen) atoms. The molecule has 298 valence electrons. The van der Waals surface area contributed by atoms with E-state index in [1.807, 2.05) is 0 Å². The molecule has 0 heterocycles. The zero-order valence-corrected chi connectivity index (χ0v) is 34.8. The molecule has 0 aliphatic heterocycles. The van der Waals surface area contributed by atoms with Crippen LogP contribution in [-0.4, -0.2) is 0 Å². The van der Waals surface area contributed by atoms with E-state index in [-0.39, 0.29) is 0 Å². The van der Waals surface area contributed by atoms with Gasteiger partial charge in [0.05, 0.1) is 5.41 Å². The van der Waals surface area contributed by atoms with Gasteiger partial charge in [-0.2, -0.15) is 0 Å². The largest absolute Gasteiger partial charge is 0.311 e. The molecule has 11 rings (SSSR count). The van der Waals surface area contributed by atoms with E-state index in [2.05, 4.69) is 277 Å². The molecular formula is C61H44N2.